The van der Waals surface area contributed by atoms with E-state index >= 15 is 0 Å². The van der Waals surface area contributed by atoms with E-state index in [-0.39, 0.29) is 0 Å². The Bertz CT molecular complexity index is 636. The molecular formula is C20H25ClN2O. The maximum atomic E-state index is 6.12. The van der Waals surface area contributed by atoms with E-state index in [1.165, 1.54) is 44.7 Å². The number of rotatable bonds is 6. The summed E-state index contributed by atoms with van der Waals surface area (Å²) < 4.78 is 5.83. The molecule has 2 aromatic carbocycles. The molecule has 3 rings (SSSR count). The molecule has 1 heterocycles. The number of halogens is 1. The first-order valence-electron chi connectivity index (χ1n) is 8.63. The molecule has 3 nitrogen and oxygen atoms in total. The topological polar surface area (TPSA) is 15.7 Å². The van der Waals surface area contributed by atoms with E-state index in [1.807, 2.05) is 36.4 Å². The summed E-state index contributed by atoms with van der Waals surface area (Å²) in [4.78, 5) is 4.96. The summed E-state index contributed by atoms with van der Waals surface area (Å²) >= 11 is 6.12. The third-order valence-corrected chi connectivity index (χ3v) is 4.84. The zero-order valence-electron chi connectivity index (χ0n) is 14.2. The Morgan fingerprint density at radius 2 is 1.67 bits per heavy atom. The molecule has 0 aromatic heterocycles. The highest BCUT2D eigenvalue weighted by Gasteiger charge is 2.12. The lowest BCUT2D eigenvalue weighted by molar-refractivity contribution is 0.153. The SMILES string of the molecule is CN1CCN(CCCc2ccc(Oc3ccccc3Cl)cc2)CC1. The van der Waals surface area contributed by atoms with Gasteiger partial charge in [0.1, 0.15) is 11.5 Å². The van der Waals surface area contributed by atoms with Crippen molar-refractivity contribution in [2.75, 3.05) is 39.8 Å². The van der Waals surface area contributed by atoms with Crippen molar-refractivity contribution in [3.63, 3.8) is 0 Å². The summed E-state index contributed by atoms with van der Waals surface area (Å²) in [7, 11) is 2.20. The predicted molar refractivity (Wildman–Crippen MR) is 100 cm³/mol. The Labute approximate surface area is 149 Å². The number of ether oxygens (including phenoxy) is 1. The second kappa shape index (κ2) is 8.52. The van der Waals surface area contributed by atoms with E-state index in [1.54, 1.807) is 0 Å². The van der Waals surface area contributed by atoms with E-state index < -0.39 is 0 Å². The molecule has 0 saturated carbocycles. The summed E-state index contributed by atoms with van der Waals surface area (Å²) in [6.45, 7) is 5.95. The number of hydrogen-bond donors (Lipinski definition) is 0. The fraction of sp³-hybridized carbons (Fsp3) is 0.400. The van der Waals surface area contributed by atoms with Gasteiger partial charge >= 0.3 is 0 Å². The summed E-state index contributed by atoms with van der Waals surface area (Å²) in [5, 5.41) is 0.633. The average molecular weight is 345 g/mol. The Balaban J connectivity index is 1.45. The highest BCUT2D eigenvalue weighted by Crippen LogP contribution is 2.28. The number of nitrogens with zero attached hydrogens (tertiary/aromatic N) is 2. The first-order valence-corrected chi connectivity index (χ1v) is 9.01. The van der Waals surface area contributed by atoms with Crippen molar-refractivity contribution in [3.8, 4) is 11.5 Å². The van der Waals surface area contributed by atoms with Gasteiger partial charge in [0.05, 0.1) is 5.02 Å². The highest BCUT2D eigenvalue weighted by atomic mass is 35.5. The summed E-state index contributed by atoms with van der Waals surface area (Å²) in [6, 6.07) is 15.9. The minimum Gasteiger partial charge on any atom is -0.456 e. The maximum Gasteiger partial charge on any atom is 0.146 e. The number of aryl methyl sites for hydroxylation is 1. The third-order valence-electron chi connectivity index (χ3n) is 4.52. The number of para-hydroxylation sites is 1. The minimum absolute atomic E-state index is 0.633. The molecule has 0 amide bonds. The van der Waals surface area contributed by atoms with E-state index in [0.29, 0.717) is 10.8 Å². The van der Waals surface area contributed by atoms with Crippen molar-refractivity contribution in [1.82, 2.24) is 9.80 Å². The van der Waals surface area contributed by atoms with Crippen molar-refractivity contribution in [1.29, 1.82) is 0 Å². The zero-order valence-corrected chi connectivity index (χ0v) is 15.0. The molecule has 2 aromatic rings. The van der Waals surface area contributed by atoms with Gasteiger partial charge in [0.25, 0.3) is 0 Å². The van der Waals surface area contributed by atoms with Crippen LogP contribution in [0.1, 0.15) is 12.0 Å². The quantitative estimate of drug-likeness (QED) is 0.776. The molecule has 0 spiro atoms. The van der Waals surface area contributed by atoms with Gasteiger partial charge in [-0.25, -0.2) is 0 Å². The van der Waals surface area contributed by atoms with Gasteiger partial charge < -0.3 is 14.5 Å². The molecular weight excluding hydrogens is 320 g/mol. The molecule has 1 fully saturated rings. The van der Waals surface area contributed by atoms with E-state index in [9.17, 15) is 0 Å². The first-order chi connectivity index (χ1) is 11.7. The van der Waals surface area contributed by atoms with Crippen LogP contribution in [0.15, 0.2) is 48.5 Å². The first kappa shape index (κ1) is 17.3. The average Bonchev–Trinajstić information content (AvgIpc) is 2.60. The number of piperazine rings is 1. The van der Waals surface area contributed by atoms with E-state index in [0.717, 1.165) is 12.2 Å². The minimum atomic E-state index is 0.633. The number of hydrogen-bond acceptors (Lipinski definition) is 3. The lowest BCUT2D eigenvalue weighted by atomic mass is 10.1. The number of benzene rings is 2. The van der Waals surface area contributed by atoms with Crippen molar-refractivity contribution >= 4 is 11.6 Å². The highest BCUT2D eigenvalue weighted by molar-refractivity contribution is 6.32. The van der Waals surface area contributed by atoms with Crippen LogP contribution in [0.5, 0.6) is 11.5 Å². The standard InChI is InChI=1S/C20H25ClN2O/c1-22-13-15-23(16-14-22)12-4-5-17-8-10-18(11-9-17)24-20-7-3-2-6-19(20)21/h2-3,6-11H,4-5,12-16H2,1H3. The molecule has 0 aliphatic carbocycles. The smallest absolute Gasteiger partial charge is 0.146 e. The van der Waals surface area contributed by atoms with Crippen LogP contribution in [0, 0.1) is 0 Å². The predicted octanol–water partition coefficient (Wildman–Crippen LogP) is 4.31. The maximum absolute atomic E-state index is 6.12. The van der Waals surface area contributed by atoms with Crippen LogP contribution in [0.25, 0.3) is 0 Å². The molecule has 0 radical (unpaired) electrons. The third kappa shape index (κ3) is 4.97. The van der Waals surface area contributed by atoms with Gasteiger partial charge in [0.2, 0.25) is 0 Å². The molecule has 0 N–H and O–H groups in total. The summed E-state index contributed by atoms with van der Waals surface area (Å²) in [6.07, 6.45) is 2.31. The van der Waals surface area contributed by atoms with Gasteiger partial charge in [-0.3, -0.25) is 0 Å². The van der Waals surface area contributed by atoms with Crippen molar-refractivity contribution in [2.45, 2.75) is 12.8 Å². The van der Waals surface area contributed by atoms with Crippen LogP contribution in [0.4, 0.5) is 0 Å². The van der Waals surface area contributed by atoms with Crippen molar-refractivity contribution < 1.29 is 4.74 Å². The molecule has 128 valence electrons. The lowest BCUT2D eigenvalue weighted by Gasteiger charge is -2.32. The van der Waals surface area contributed by atoms with Gasteiger partial charge in [0, 0.05) is 26.2 Å². The second-order valence-corrected chi connectivity index (χ2v) is 6.83. The Morgan fingerprint density at radius 1 is 0.958 bits per heavy atom. The van der Waals surface area contributed by atoms with Crippen molar-refractivity contribution in [3.05, 3.63) is 59.1 Å². The Hall–Kier alpha value is -1.55. The molecule has 1 saturated heterocycles. The summed E-state index contributed by atoms with van der Waals surface area (Å²) in [5.41, 5.74) is 1.36. The Morgan fingerprint density at radius 3 is 2.38 bits per heavy atom. The largest absolute Gasteiger partial charge is 0.456 e. The molecule has 24 heavy (non-hydrogen) atoms. The van der Waals surface area contributed by atoms with E-state index in [4.69, 9.17) is 16.3 Å². The van der Waals surface area contributed by atoms with Crippen LogP contribution in [-0.2, 0) is 6.42 Å². The number of likely N-dealkylation sites (N-methyl/N-ethyl adjacent to an activating group) is 1. The van der Waals surface area contributed by atoms with Crippen molar-refractivity contribution in [2.24, 2.45) is 0 Å². The zero-order chi connectivity index (χ0) is 16.8. The lowest BCUT2D eigenvalue weighted by Crippen LogP contribution is -2.44. The van der Waals surface area contributed by atoms with Crippen LogP contribution in [0.3, 0.4) is 0 Å². The second-order valence-electron chi connectivity index (χ2n) is 6.42. The van der Waals surface area contributed by atoms with Gasteiger partial charge in [-0.2, -0.15) is 0 Å². The molecule has 0 bridgehead atoms. The van der Waals surface area contributed by atoms with Crippen LogP contribution in [0.2, 0.25) is 5.02 Å². The van der Waals surface area contributed by atoms with Gasteiger partial charge in [-0.1, -0.05) is 35.9 Å². The van der Waals surface area contributed by atoms with Crippen LogP contribution < -0.4 is 4.74 Å². The molecule has 1 aliphatic heterocycles. The van der Waals surface area contributed by atoms with Gasteiger partial charge in [-0.15, -0.1) is 0 Å². The van der Waals surface area contributed by atoms with E-state index in [2.05, 4.69) is 29.0 Å². The van der Waals surface area contributed by atoms with Crippen LogP contribution >= 0.6 is 11.6 Å². The fourth-order valence-corrected chi connectivity index (χ4v) is 3.13. The summed E-state index contributed by atoms with van der Waals surface area (Å²) in [5.74, 6) is 1.52. The van der Waals surface area contributed by atoms with Crippen LogP contribution in [-0.4, -0.2) is 49.6 Å². The molecule has 0 atom stereocenters. The fourth-order valence-electron chi connectivity index (χ4n) is 2.96. The Kier molecular flexibility index (Phi) is 6.13. The monoisotopic (exact) mass is 344 g/mol. The molecule has 0 unspecified atom stereocenters. The van der Waals surface area contributed by atoms with Gasteiger partial charge in [-0.05, 0) is 56.3 Å². The normalized spacial score (nSPS) is 16.2. The molecule has 1 aliphatic rings. The van der Waals surface area contributed by atoms with Gasteiger partial charge in [0.15, 0.2) is 0 Å². The molecule has 4 heteroatoms.